The first-order valence-electron chi connectivity index (χ1n) is 9.13. The van der Waals surface area contributed by atoms with Gasteiger partial charge in [-0.25, -0.2) is 8.42 Å². The lowest BCUT2D eigenvalue weighted by Gasteiger charge is -2.28. The van der Waals surface area contributed by atoms with Gasteiger partial charge in [-0.05, 0) is 17.7 Å². The third-order valence-electron chi connectivity index (χ3n) is 3.91. The van der Waals surface area contributed by atoms with Crippen LogP contribution in [0.1, 0.15) is 24.5 Å². The van der Waals surface area contributed by atoms with E-state index < -0.39 is 44.7 Å². The highest BCUT2D eigenvalue weighted by Crippen LogP contribution is 2.25. The number of sulfone groups is 1. The molecule has 2 atom stereocenters. The number of alkyl halides is 2. The van der Waals surface area contributed by atoms with Crippen LogP contribution in [0.15, 0.2) is 29.2 Å². The second-order valence-electron chi connectivity index (χ2n) is 6.43. The van der Waals surface area contributed by atoms with Gasteiger partial charge in [-0.1, -0.05) is 35.3 Å². The molecular weight excluding hydrogens is 473 g/mol. The summed E-state index contributed by atoms with van der Waals surface area (Å²) in [6.07, 6.45) is -0.287. The highest BCUT2D eigenvalue weighted by molar-refractivity contribution is 7.90. The second-order valence-corrected chi connectivity index (χ2v) is 9.54. The van der Waals surface area contributed by atoms with E-state index in [1.165, 1.54) is 24.3 Å². The van der Waals surface area contributed by atoms with Crippen molar-refractivity contribution in [3.8, 4) is 0 Å². The number of carbonyl (C=O) groups is 3. The van der Waals surface area contributed by atoms with Gasteiger partial charge < -0.3 is 26.3 Å². The Labute approximate surface area is 190 Å². The predicted octanol–water partition coefficient (Wildman–Crippen LogP) is 0.204. The second kappa shape index (κ2) is 12.8. The highest BCUT2D eigenvalue weighted by atomic mass is 35.5. The largest absolute Gasteiger partial charge is 0.463 e. The minimum absolute atomic E-state index is 0.0204. The standard InChI is InChI=1S/C18H25Cl2N3O7S/c1-31(27,28)12-4-2-11(3-5-12)16(30-15(25)7-9-22)13(23-18(26)17(19)20)10-29-14(24)6-8-21/h2-5,13,16-17H,6-10,21-22H2,1H3,(H,23,26)/t13-,16-/m1/s1. The number of halogens is 2. The normalized spacial score (nSPS) is 13.4. The Bertz CT molecular complexity index is 863. The predicted molar refractivity (Wildman–Crippen MR) is 114 cm³/mol. The number of nitrogens with one attached hydrogen (secondary N) is 1. The van der Waals surface area contributed by atoms with E-state index in [1.54, 1.807) is 0 Å². The van der Waals surface area contributed by atoms with Crippen LogP contribution in [-0.4, -0.2) is 63.1 Å². The molecule has 0 aromatic heterocycles. The van der Waals surface area contributed by atoms with Gasteiger partial charge in [0.05, 0.1) is 17.7 Å². The fourth-order valence-electron chi connectivity index (χ4n) is 2.43. The van der Waals surface area contributed by atoms with E-state index in [2.05, 4.69) is 5.32 Å². The minimum Gasteiger partial charge on any atom is -0.463 e. The number of carbonyl (C=O) groups excluding carboxylic acids is 3. The molecule has 13 heteroatoms. The Kier molecular flexibility index (Phi) is 11.2. The van der Waals surface area contributed by atoms with Gasteiger partial charge in [0, 0.05) is 19.3 Å². The van der Waals surface area contributed by atoms with E-state index in [1.807, 2.05) is 0 Å². The fourth-order valence-corrected chi connectivity index (χ4v) is 3.19. The Hall–Kier alpha value is -1.92. The summed E-state index contributed by atoms with van der Waals surface area (Å²) in [4.78, 5) is 34.6. The first-order valence-corrected chi connectivity index (χ1v) is 11.9. The van der Waals surface area contributed by atoms with Gasteiger partial charge in [-0.2, -0.15) is 0 Å². The molecule has 0 saturated heterocycles. The van der Waals surface area contributed by atoms with E-state index in [9.17, 15) is 22.8 Å². The van der Waals surface area contributed by atoms with Crippen LogP contribution in [0.2, 0.25) is 0 Å². The van der Waals surface area contributed by atoms with Crippen LogP contribution in [0.3, 0.4) is 0 Å². The van der Waals surface area contributed by atoms with Crippen molar-refractivity contribution in [2.75, 3.05) is 26.0 Å². The smallest absolute Gasteiger partial charge is 0.307 e. The zero-order valence-electron chi connectivity index (χ0n) is 16.8. The van der Waals surface area contributed by atoms with Crippen molar-refractivity contribution in [1.29, 1.82) is 0 Å². The quantitative estimate of drug-likeness (QED) is 0.269. The molecule has 5 N–H and O–H groups in total. The monoisotopic (exact) mass is 497 g/mol. The number of amides is 1. The molecule has 0 unspecified atom stereocenters. The lowest BCUT2D eigenvalue weighted by molar-refractivity contribution is -0.155. The highest BCUT2D eigenvalue weighted by Gasteiger charge is 2.31. The van der Waals surface area contributed by atoms with Crippen LogP contribution in [0.5, 0.6) is 0 Å². The summed E-state index contributed by atoms with van der Waals surface area (Å²) in [6.45, 7) is -0.310. The van der Waals surface area contributed by atoms with Crippen molar-refractivity contribution in [2.24, 2.45) is 11.5 Å². The molecule has 174 valence electrons. The number of esters is 2. The maximum absolute atomic E-state index is 12.1. The molecular formula is C18H25Cl2N3O7S. The first-order chi connectivity index (χ1) is 14.5. The summed E-state index contributed by atoms with van der Waals surface area (Å²) in [7, 11) is -3.47. The Morgan fingerprint density at radius 2 is 1.58 bits per heavy atom. The first kappa shape index (κ1) is 27.1. The van der Waals surface area contributed by atoms with E-state index in [0.717, 1.165) is 6.26 Å². The van der Waals surface area contributed by atoms with Crippen LogP contribution in [0, 0.1) is 0 Å². The molecule has 0 heterocycles. The molecule has 0 radical (unpaired) electrons. The summed E-state index contributed by atoms with van der Waals surface area (Å²) < 4.78 is 34.0. The third kappa shape index (κ3) is 9.40. The molecule has 0 spiro atoms. The number of hydrogen-bond acceptors (Lipinski definition) is 9. The number of rotatable bonds is 12. The van der Waals surface area contributed by atoms with Gasteiger partial charge in [0.2, 0.25) is 0 Å². The molecule has 0 bridgehead atoms. The summed E-state index contributed by atoms with van der Waals surface area (Å²) in [5, 5.41) is 2.47. The van der Waals surface area contributed by atoms with Crippen LogP contribution >= 0.6 is 23.2 Å². The van der Waals surface area contributed by atoms with Crippen LogP contribution in [0.25, 0.3) is 0 Å². The maximum Gasteiger partial charge on any atom is 0.307 e. The summed E-state index contributed by atoms with van der Waals surface area (Å²) >= 11 is 11.2. The minimum atomic E-state index is -3.47. The molecule has 1 amide bonds. The van der Waals surface area contributed by atoms with Gasteiger partial charge in [-0.15, -0.1) is 0 Å². The summed E-state index contributed by atoms with van der Waals surface area (Å²) in [5.41, 5.74) is 11.0. The van der Waals surface area contributed by atoms with Crippen molar-refractivity contribution in [1.82, 2.24) is 5.32 Å². The van der Waals surface area contributed by atoms with Crippen molar-refractivity contribution in [3.63, 3.8) is 0 Å². The Morgan fingerprint density at radius 3 is 2.06 bits per heavy atom. The Balaban J connectivity index is 3.29. The molecule has 0 aliphatic rings. The van der Waals surface area contributed by atoms with Crippen molar-refractivity contribution < 1.29 is 32.3 Å². The van der Waals surface area contributed by atoms with Crippen molar-refractivity contribution in [2.45, 2.75) is 34.7 Å². The molecule has 1 aromatic rings. The molecule has 31 heavy (non-hydrogen) atoms. The molecule has 0 fully saturated rings. The molecule has 0 saturated carbocycles. The summed E-state index contributed by atoms with van der Waals surface area (Å²) in [6, 6.07) is 4.38. The van der Waals surface area contributed by atoms with E-state index in [-0.39, 0.29) is 37.4 Å². The number of hydrogen-bond donors (Lipinski definition) is 3. The topological polar surface area (TPSA) is 168 Å². The number of nitrogens with two attached hydrogens (primary N) is 2. The van der Waals surface area contributed by atoms with Gasteiger partial charge >= 0.3 is 11.9 Å². The molecule has 1 aromatic carbocycles. The van der Waals surface area contributed by atoms with E-state index >= 15 is 0 Å². The zero-order valence-corrected chi connectivity index (χ0v) is 19.1. The molecule has 0 aliphatic heterocycles. The van der Waals surface area contributed by atoms with Gasteiger partial charge in [0.25, 0.3) is 5.91 Å². The fraction of sp³-hybridized carbons (Fsp3) is 0.500. The SMILES string of the molecule is CS(=O)(=O)c1ccc([C@@H](OC(=O)CCN)[C@@H](COC(=O)CCN)NC(=O)C(Cl)Cl)cc1. The average molecular weight is 498 g/mol. The van der Waals surface area contributed by atoms with Crippen molar-refractivity contribution >= 4 is 50.9 Å². The number of benzene rings is 1. The number of ether oxygens (including phenoxy) is 2. The molecule has 1 rings (SSSR count). The Morgan fingerprint density at radius 1 is 1.03 bits per heavy atom. The van der Waals surface area contributed by atoms with Crippen LogP contribution in [0.4, 0.5) is 0 Å². The lowest BCUT2D eigenvalue weighted by Crippen LogP contribution is -2.46. The zero-order chi connectivity index (χ0) is 23.6. The van der Waals surface area contributed by atoms with E-state index in [4.69, 9.17) is 44.1 Å². The molecule has 10 nitrogen and oxygen atoms in total. The van der Waals surface area contributed by atoms with Crippen LogP contribution < -0.4 is 16.8 Å². The third-order valence-corrected chi connectivity index (χ3v) is 5.43. The van der Waals surface area contributed by atoms with Gasteiger partial charge in [-0.3, -0.25) is 14.4 Å². The van der Waals surface area contributed by atoms with Crippen LogP contribution in [-0.2, 0) is 33.7 Å². The summed E-state index contributed by atoms with van der Waals surface area (Å²) in [5.74, 6) is -2.12. The van der Waals surface area contributed by atoms with Gasteiger partial charge in [0.1, 0.15) is 12.6 Å². The van der Waals surface area contributed by atoms with Crippen molar-refractivity contribution in [3.05, 3.63) is 29.8 Å². The van der Waals surface area contributed by atoms with Gasteiger partial charge in [0.15, 0.2) is 20.8 Å². The van der Waals surface area contributed by atoms with E-state index in [0.29, 0.717) is 5.56 Å². The average Bonchev–Trinajstić information content (AvgIpc) is 2.69. The maximum atomic E-state index is 12.1. The lowest BCUT2D eigenvalue weighted by atomic mass is 10.0. The molecule has 0 aliphatic carbocycles.